The van der Waals surface area contributed by atoms with Crippen LogP contribution in [0.5, 0.6) is 11.5 Å². The lowest BCUT2D eigenvalue weighted by atomic mass is 10.0. The van der Waals surface area contributed by atoms with Crippen molar-refractivity contribution in [2.75, 3.05) is 13.7 Å². The summed E-state index contributed by atoms with van der Waals surface area (Å²) in [4.78, 5) is 11.5. The lowest BCUT2D eigenvalue weighted by molar-refractivity contribution is 0.127. The molecule has 0 fully saturated rings. The van der Waals surface area contributed by atoms with Gasteiger partial charge in [0.25, 0.3) is 0 Å². The number of methoxy groups -OCH3 is 1. The molecule has 2 unspecified atom stereocenters. The Kier molecular flexibility index (Phi) is 6.60. The van der Waals surface area contributed by atoms with Crippen LogP contribution in [0.15, 0.2) is 57.8 Å². The van der Waals surface area contributed by atoms with E-state index in [1.165, 1.54) is 13.2 Å². The Morgan fingerprint density at radius 2 is 1.88 bits per heavy atom. The first kappa shape index (κ1) is 19.8. The van der Waals surface area contributed by atoms with Crippen LogP contribution in [0.2, 0.25) is 0 Å². The monoisotopic (exact) mass is 360 g/mol. The summed E-state index contributed by atoms with van der Waals surface area (Å²) in [6, 6.07) is 6.38. The minimum atomic E-state index is -0.907. The number of ether oxygens (including phenoxy) is 2. The Labute approximate surface area is 152 Å². The van der Waals surface area contributed by atoms with Crippen molar-refractivity contribution < 1.29 is 24.1 Å². The van der Waals surface area contributed by atoms with Crippen LogP contribution in [0.3, 0.4) is 0 Å². The maximum Gasteiger partial charge on any atom is 0.336 e. The lowest BCUT2D eigenvalue weighted by Gasteiger charge is -2.18. The van der Waals surface area contributed by atoms with E-state index < -0.39 is 17.8 Å². The van der Waals surface area contributed by atoms with Gasteiger partial charge in [-0.3, -0.25) is 0 Å². The van der Waals surface area contributed by atoms with E-state index in [0.29, 0.717) is 35.1 Å². The van der Waals surface area contributed by atoms with Gasteiger partial charge in [0.2, 0.25) is 5.75 Å². The molecule has 0 bridgehead atoms. The molecule has 2 aromatic rings. The fourth-order valence-electron chi connectivity index (χ4n) is 2.42. The van der Waals surface area contributed by atoms with Gasteiger partial charge in [0, 0.05) is 11.5 Å². The number of hydrogen-bond acceptors (Lipinski definition) is 6. The number of aliphatic hydroxyl groups is 2. The normalized spacial score (nSPS) is 13.2. The van der Waals surface area contributed by atoms with Gasteiger partial charge < -0.3 is 24.1 Å². The number of aliphatic hydroxyl groups excluding tert-OH is 2. The molecule has 1 aromatic heterocycles. The Hall–Kier alpha value is -2.57. The molecule has 6 heteroatoms. The Morgan fingerprint density at radius 1 is 1.19 bits per heavy atom. The van der Waals surface area contributed by atoms with Crippen LogP contribution >= 0.6 is 0 Å². The molecule has 0 aliphatic carbocycles. The highest BCUT2D eigenvalue weighted by molar-refractivity contribution is 5.85. The second-order valence-corrected chi connectivity index (χ2v) is 6.16. The molecule has 1 heterocycles. The van der Waals surface area contributed by atoms with Gasteiger partial charge in [0.1, 0.15) is 12.7 Å². The molecular weight excluding hydrogens is 336 g/mol. The van der Waals surface area contributed by atoms with Crippen molar-refractivity contribution >= 4 is 11.0 Å². The lowest BCUT2D eigenvalue weighted by Crippen LogP contribution is -2.21. The molecule has 0 saturated heterocycles. The average molecular weight is 360 g/mol. The third kappa shape index (κ3) is 4.74. The van der Waals surface area contributed by atoms with Gasteiger partial charge in [0.05, 0.1) is 13.2 Å². The van der Waals surface area contributed by atoms with Crippen molar-refractivity contribution in [3.05, 3.63) is 59.0 Å². The fraction of sp³-hybridized carbons (Fsp3) is 0.350. The predicted molar refractivity (Wildman–Crippen MR) is 99.7 cm³/mol. The molecule has 0 saturated carbocycles. The molecule has 2 N–H and O–H groups in total. The van der Waals surface area contributed by atoms with Crippen molar-refractivity contribution in [3.63, 3.8) is 0 Å². The van der Waals surface area contributed by atoms with Crippen LogP contribution in [0.25, 0.3) is 11.0 Å². The highest BCUT2D eigenvalue weighted by Crippen LogP contribution is 2.35. The van der Waals surface area contributed by atoms with Crippen LogP contribution in [0, 0.1) is 0 Å². The zero-order valence-electron chi connectivity index (χ0n) is 15.0. The zero-order valence-corrected chi connectivity index (χ0v) is 15.0. The maximum absolute atomic E-state index is 11.5. The highest BCUT2D eigenvalue weighted by Gasteiger charge is 2.16. The van der Waals surface area contributed by atoms with Crippen molar-refractivity contribution in [1.29, 1.82) is 0 Å². The third-order valence-electron chi connectivity index (χ3n) is 4.09. The van der Waals surface area contributed by atoms with E-state index in [0.717, 1.165) is 0 Å². The van der Waals surface area contributed by atoms with Gasteiger partial charge in [-0.15, -0.1) is 0 Å². The second kappa shape index (κ2) is 8.69. The summed E-state index contributed by atoms with van der Waals surface area (Å²) in [5.41, 5.74) is 1.02. The van der Waals surface area contributed by atoms with Crippen LogP contribution in [-0.4, -0.2) is 36.1 Å². The molecule has 140 valence electrons. The van der Waals surface area contributed by atoms with Gasteiger partial charge in [-0.1, -0.05) is 18.7 Å². The predicted octanol–water partition coefficient (Wildman–Crippen LogP) is 2.81. The number of hydrogen-bond donors (Lipinski definition) is 2. The molecule has 0 amide bonds. The van der Waals surface area contributed by atoms with Gasteiger partial charge in [-0.05, 0) is 43.5 Å². The molecule has 0 spiro atoms. The third-order valence-corrected chi connectivity index (χ3v) is 4.09. The highest BCUT2D eigenvalue weighted by atomic mass is 16.5. The Morgan fingerprint density at radius 3 is 2.54 bits per heavy atom. The van der Waals surface area contributed by atoms with Crippen LogP contribution in [-0.2, 0) is 0 Å². The van der Waals surface area contributed by atoms with Crippen molar-refractivity contribution in [2.24, 2.45) is 0 Å². The molecule has 6 nitrogen and oxygen atoms in total. The molecule has 2 rings (SSSR count). The number of rotatable bonds is 9. The van der Waals surface area contributed by atoms with E-state index in [-0.39, 0.29) is 17.9 Å². The summed E-state index contributed by atoms with van der Waals surface area (Å²) in [6.07, 6.45) is -0.642. The zero-order chi connectivity index (χ0) is 19.3. The summed E-state index contributed by atoms with van der Waals surface area (Å²) in [5, 5.41) is 20.7. The van der Waals surface area contributed by atoms with Gasteiger partial charge in [-0.25, -0.2) is 4.79 Å². The fourth-order valence-corrected chi connectivity index (χ4v) is 2.42. The number of fused-ring (bicyclic) bond motifs is 1. The first-order chi connectivity index (χ1) is 12.3. The van der Waals surface area contributed by atoms with Gasteiger partial charge in [0.15, 0.2) is 11.3 Å². The standard InChI is InChI=1S/C20H24O6/c1-12(2)15(21)8-5-13(3)16(22)11-25-17-9-6-14-7-10-18(23)26-19(14)20(17)24-4/h6-7,9-10,15-16,21-22H,1,3,5,8,11H2,2,4H3. The van der Waals surface area contributed by atoms with Crippen molar-refractivity contribution in [3.8, 4) is 11.5 Å². The maximum atomic E-state index is 11.5. The summed E-state index contributed by atoms with van der Waals surface area (Å²) in [5.74, 6) is 0.638. The topological polar surface area (TPSA) is 89.1 Å². The molecule has 0 aliphatic rings. The first-order valence-electron chi connectivity index (χ1n) is 8.26. The van der Waals surface area contributed by atoms with E-state index >= 15 is 0 Å². The van der Waals surface area contributed by atoms with Crippen LogP contribution < -0.4 is 15.1 Å². The van der Waals surface area contributed by atoms with Crippen LogP contribution in [0.1, 0.15) is 19.8 Å². The Balaban J connectivity index is 2.05. The van der Waals surface area contributed by atoms with E-state index in [9.17, 15) is 15.0 Å². The minimum absolute atomic E-state index is 0.0407. The summed E-state index contributed by atoms with van der Waals surface area (Å²) < 4.78 is 16.1. The largest absolute Gasteiger partial charge is 0.490 e. The van der Waals surface area contributed by atoms with Gasteiger partial charge in [-0.2, -0.15) is 0 Å². The van der Waals surface area contributed by atoms with E-state index in [2.05, 4.69) is 13.2 Å². The van der Waals surface area contributed by atoms with Crippen molar-refractivity contribution in [1.82, 2.24) is 0 Å². The molecule has 26 heavy (non-hydrogen) atoms. The van der Waals surface area contributed by atoms with Crippen molar-refractivity contribution in [2.45, 2.75) is 32.0 Å². The summed E-state index contributed by atoms with van der Waals surface area (Å²) in [7, 11) is 1.45. The van der Waals surface area contributed by atoms with Gasteiger partial charge >= 0.3 is 5.63 Å². The molecular formula is C20H24O6. The molecule has 0 aliphatic heterocycles. The first-order valence-corrected chi connectivity index (χ1v) is 8.26. The number of benzene rings is 1. The van der Waals surface area contributed by atoms with E-state index in [4.69, 9.17) is 13.9 Å². The minimum Gasteiger partial charge on any atom is -0.490 e. The average Bonchev–Trinajstić information content (AvgIpc) is 2.62. The SMILES string of the molecule is C=C(C)C(O)CCC(=C)C(O)COc1ccc2ccc(=O)oc2c1OC. The van der Waals surface area contributed by atoms with Crippen LogP contribution in [0.4, 0.5) is 0 Å². The van der Waals surface area contributed by atoms with E-state index in [1.54, 1.807) is 25.1 Å². The molecule has 1 aromatic carbocycles. The van der Waals surface area contributed by atoms with E-state index in [1.807, 2.05) is 0 Å². The quantitative estimate of drug-likeness (QED) is 0.528. The second-order valence-electron chi connectivity index (χ2n) is 6.16. The summed E-state index contributed by atoms with van der Waals surface area (Å²) >= 11 is 0. The summed E-state index contributed by atoms with van der Waals surface area (Å²) in [6.45, 7) is 9.24. The Bertz CT molecular complexity index is 851. The molecule has 0 radical (unpaired) electrons. The smallest absolute Gasteiger partial charge is 0.336 e. The molecule has 2 atom stereocenters.